The summed E-state index contributed by atoms with van der Waals surface area (Å²) in [4.78, 5) is 26.2. The van der Waals surface area contributed by atoms with Crippen LogP contribution in [0.2, 0.25) is 0 Å². The average Bonchev–Trinajstić information content (AvgIpc) is 2.53. The Kier molecular flexibility index (Phi) is 7.52. The van der Waals surface area contributed by atoms with Crippen molar-refractivity contribution in [1.29, 1.82) is 0 Å². The van der Waals surface area contributed by atoms with E-state index in [1.54, 1.807) is 6.07 Å². The minimum absolute atomic E-state index is 0.206. The van der Waals surface area contributed by atoms with E-state index in [0.717, 1.165) is 30.4 Å². The molecule has 4 nitrogen and oxygen atoms in total. The van der Waals surface area contributed by atoms with E-state index in [2.05, 4.69) is 25.4 Å². The Morgan fingerprint density at radius 1 is 1.43 bits per heavy atom. The van der Waals surface area contributed by atoms with Crippen LogP contribution in [0.5, 0.6) is 0 Å². The molecule has 1 heterocycles. The van der Waals surface area contributed by atoms with E-state index in [4.69, 9.17) is 4.74 Å². The maximum Gasteiger partial charge on any atom is 0.248 e. The molecule has 0 aromatic carbocycles. The first-order chi connectivity index (χ1) is 11.0. The van der Waals surface area contributed by atoms with Gasteiger partial charge in [0, 0.05) is 6.07 Å². The Labute approximate surface area is 138 Å². The van der Waals surface area contributed by atoms with Gasteiger partial charge >= 0.3 is 0 Å². The van der Waals surface area contributed by atoms with Crippen LogP contribution in [0.4, 0.5) is 0 Å². The van der Waals surface area contributed by atoms with E-state index >= 15 is 0 Å². The third-order valence-electron chi connectivity index (χ3n) is 4.16. The first kappa shape index (κ1) is 18.9. The van der Waals surface area contributed by atoms with Gasteiger partial charge in [-0.1, -0.05) is 33.3 Å². The Hall–Kier alpha value is -2.10. The number of pyridine rings is 1. The second-order valence-corrected chi connectivity index (χ2v) is 5.90. The molecule has 1 aromatic heterocycles. The van der Waals surface area contributed by atoms with Crippen molar-refractivity contribution in [3.05, 3.63) is 51.7 Å². The van der Waals surface area contributed by atoms with Crippen molar-refractivity contribution in [2.45, 2.75) is 46.5 Å². The van der Waals surface area contributed by atoms with Crippen molar-refractivity contribution in [2.75, 3.05) is 7.11 Å². The first-order valence-corrected chi connectivity index (χ1v) is 8.07. The molecule has 0 aliphatic heterocycles. The van der Waals surface area contributed by atoms with Gasteiger partial charge in [0.2, 0.25) is 5.56 Å². The number of allylic oxidation sites excluding steroid dienone is 2. The SMILES string of the molecule is C=CC(OC)=C(C=O)c1[nH]c(=O)cc(CCC(C)CCC)c1C. The van der Waals surface area contributed by atoms with Gasteiger partial charge in [-0.15, -0.1) is 0 Å². The molecule has 0 spiro atoms. The summed E-state index contributed by atoms with van der Waals surface area (Å²) < 4.78 is 5.18. The molecule has 4 heteroatoms. The highest BCUT2D eigenvalue weighted by Crippen LogP contribution is 2.23. The lowest BCUT2D eigenvalue weighted by Crippen LogP contribution is -2.14. The van der Waals surface area contributed by atoms with E-state index in [1.165, 1.54) is 19.6 Å². The number of nitrogens with one attached hydrogen (secondary N) is 1. The number of ether oxygens (including phenoxy) is 1. The molecule has 0 bridgehead atoms. The molecular weight excluding hydrogens is 290 g/mol. The zero-order valence-electron chi connectivity index (χ0n) is 14.6. The Balaban J connectivity index is 3.26. The van der Waals surface area contributed by atoms with E-state index in [-0.39, 0.29) is 5.56 Å². The first-order valence-electron chi connectivity index (χ1n) is 8.07. The number of aldehydes is 1. The number of aromatic nitrogens is 1. The number of H-pyrrole nitrogens is 1. The van der Waals surface area contributed by atoms with Gasteiger partial charge in [-0.25, -0.2) is 0 Å². The van der Waals surface area contributed by atoms with Crippen LogP contribution in [0, 0.1) is 12.8 Å². The second-order valence-electron chi connectivity index (χ2n) is 5.90. The van der Waals surface area contributed by atoms with Gasteiger partial charge in [0.15, 0.2) is 6.29 Å². The number of aromatic amines is 1. The van der Waals surface area contributed by atoms with Gasteiger partial charge in [-0.05, 0) is 42.9 Å². The van der Waals surface area contributed by atoms with Gasteiger partial charge in [-0.3, -0.25) is 9.59 Å². The third-order valence-corrected chi connectivity index (χ3v) is 4.16. The summed E-state index contributed by atoms with van der Waals surface area (Å²) in [7, 11) is 1.48. The van der Waals surface area contributed by atoms with E-state index in [9.17, 15) is 9.59 Å². The number of hydrogen-bond acceptors (Lipinski definition) is 3. The normalized spacial score (nSPS) is 13.2. The summed E-state index contributed by atoms with van der Waals surface area (Å²) in [6.45, 7) is 9.97. The van der Waals surface area contributed by atoms with E-state index in [0.29, 0.717) is 29.2 Å². The Bertz CT molecular complexity index is 641. The summed E-state index contributed by atoms with van der Waals surface area (Å²) in [5.74, 6) is 0.973. The van der Waals surface area contributed by atoms with E-state index in [1.807, 2.05) is 6.92 Å². The highest BCUT2D eigenvalue weighted by atomic mass is 16.5. The summed E-state index contributed by atoms with van der Waals surface area (Å²) in [5, 5.41) is 0. The summed E-state index contributed by atoms with van der Waals surface area (Å²) in [6.07, 6.45) is 6.36. The predicted octanol–water partition coefficient (Wildman–Crippen LogP) is 3.79. The fraction of sp³-hybridized carbons (Fsp3) is 0.474. The number of aryl methyl sites for hydroxylation is 1. The number of carbonyl (C=O) groups excluding carboxylic acids is 1. The van der Waals surface area contributed by atoms with Crippen LogP contribution in [-0.4, -0.2) is 18.4 Å². The van der Waals surface area contributed by atoms with Gasteiger partial charge in [-0.2, -0.15) is 0 Å². The lowest BCUT2D eigenvalue weighted by atomic mass is 9.94. The molecule has 126 valence electrons. The molecule has 0 radical (unpaired) electrons. The number of carbonyl (C=O) groups is 1. The fourth-order valence-corrected chi connectivity index (χ4v) is 2.79. The molecule has 1 rings (SSSR count). The van der Waals surface area contributed by atoms with Gasteiger partial charge in [0.1, 0.15) is 5.76 Å². The van der Waals surface area contributed by atoms with Crippen molar-refractivity contribution in [1.82, 2.24) is 4.98 Å². The lowest BCUT2D eigenvalue weighted by Gasteiger charge is -2.14. The van der Waals surface area contributed by atoms with Gasteiger partial charge < -0.3 is 9.72 Å². The lowest BCUT2D eigenvalue weighted by molar-refractivity contribution is -0.103. The topological polar surface area (TPSA) is 59.2 Å². The van der Waals surface area contributed by atoms with Crippen molar-refractivity contribution in [3.8, 4) is 0 Å². The second kappa shape index (κ2) is 9.13. The average molecular weight is 317 g/mol. The fourth-order valence-electron chi connectivity index (χ4n) is 2.79. The van der Waals surface area contributed by atoms with Crippen LogP contribution < -0.4 is 5.56 Å². The summed E-state index contributed by atoms with van der Waals surface area (Å²) >= 11 is 0. The molecule has 0 aliphatic carbocycles. The predicted molar refractivity (Wildman–Crippen MR) is 94.4 cm³/mol. The van der Waals surface area contributed by atoms with Crippen LogP contribution >= 0.6 is 0 Å². The quantitative estimate of drug-likeness (QED) is 0.326. The van der Waals surface area contributed by atoms with Gasteiger partial charge in [0.05, 0.1) is 18.4 Å². The van der Waals surface area contributed by atoms with Crippen LogP contribution in [0.1, 0.15) is 49.9 Å². The zero-order chi connectivity index (χ0) is 17.4. The molecule has 0 saturated heterocycles. The minimum atomic E-state index is -0.206. The van der Waals surface area contributed by atoms with Crippen molar-refractivity contribution in [2.24, 2.45) is 5.92 Å². The van der Waals surface area contributed by atoms with Crippen molar-refractivity contribution in [3.63, 3.8) is 0 Å². The molecule has 1 aromatic rings. The molecule has 23 heavy (non-hydrogen) atoms. The minimum Gasteiger partial charge on any atom is -0.496 e. The number of rotatable bonds is 9. The highest BCUT2D eigenvalue weighted by Gasteiger charge is 2.15. The standard InChI is InChI=1S/C19H27NO3/c1-6-8-13(3)9-10-15-11-18(22)20-19(14(15)4)16(12-21)17(7-2)23-5/h7,11-13H,2,6,8-10H2,1,3-5H3,(H,20,22). The maximum absolute atomic E-state index is 12.0. The molecule has 0 saturated carbocycles. The Morgan fingerprint density at radius 3 is 2.65 bits per heavy atom. The number of hydrogen-bond donors (Lipinski definition) is 1. The molecule has 0 aliphatic rings. The largest absolute Gasteiger partial charge is 0.496 e. The van der Waals surface area contributed by atoms with Crippen molar-refractivity contribution < 1.29 is 9.53 Å². The molecule has 0 amide bonds. The summed E-state index contributed by atoms with van der Waals surface area (Å²) in [6, 6.07) is 1.63. The van der Waals surface area contributed by atoms with Crippen molar-refractivity contribution >= 4 is 11.9 Å². The van der Waals surface area contributed by atoms with Crippen LogP contribution in [0.3, 0.4) is 0 Å². The smallest absolute Gasteiger partial charge is 0.248 e. The maximum atomic E-state index is 12.0. The number of methoxy groups -OCH3 is 1. The molecule has 1 N–H and O–H groups in total. The van der Waals surface area contributed by atoms with Gasteiger partial charge in [0.25, 0.3) is 0 Å². The molecule has 0 fully saturated rings. The third kappa shape index (κ3) is 4.95. The van der Waals surface area contributed by atoms with Crippen LogP contribution in [0.15, 0.2) is 29.3 Å². The summed E-state index contributed by atoms with van der Waals surface area (Å²) in [5.41, 5.74) is 2.52. The molecule has 1 unspecified atom stereocenters. The zero-order valence-corrected chi connectivity index (χ0v) is 14.6. The molecular formula is C19H27NO3. The highest BCUT2D eigenvalue weighted by molar-refractivity contribution is 6.08. The molecule has 1 atom stereocenters. The monoisotopic (exact) mass is 317 g/mol. The Morgan fingerprint density at radius 2 is 2.13 bits per heavy atom. The van der Waals surface area contributed by atoms with Crippen LogP contribution in [-0.2, 0) is 16.0 Å². The van der Waals surface area contributed by atoms with Crippen LogP contribution in [0.25, 0.3) is 5.57 Å². The van der Waals surface area contributed by atoms with E-state index < -0.39 is 0 Å².